The Labute approximate surface area is 91.7 Å². The summed E-state index contributed by atoms with van der Waals surface area (Å²) < 4.78 is 0. The Morgan fingerprint density at radius 2 is 2.40 bits per heavy atom. The fraction of sp³-hybridized carbons (Fsp3) is 0.500. The minimum absolute atomic E-state index is 0.0348. The largest absolute Gasteiger partial charge is 0.357 e. The maximum absolute atomic E-state index is 10.7. The van der Waals surface area contributed by atoms with Gasteiger partial charge < -0.3 is 5.32 Å². The van der Waals surface area contributed by atoms with Gasteiger partial charge in [-0.2, -0.15) is 4.98 Å². The quantitative estimate of drug-likeness (QED) is 0.359. The predicted molar refractivity (Wildman–Crippen MR) is 59.2 cm³/mol. The van der Waals surface area contributed by atoms with Crippen molar-refractivity contribution in [2.24, 2.45) is 0 Å². The topological polar surface area (TPSA) is 81.0 Å². The maximum Gasteiger partial charge on any atom is 0.319 e. The fourth-order valence-corrected chi connectivity index (χ4v) is 1.73. The van der Waals surface area contributed by atoms with Crippen LogP contribution in [0, 0.1) is 10.1 Å². The second-order valence-corrected chi connectivity index (χ2v) is 3.82. The molecule has 0 aliphatic rings. The Kier molecular flexibility index (Phi) is 4.29. The molecule has 1 aromatic heterocycles. The van der Waals surface area contributed by atoms with Crippen molar-refractivity contribution in [1.82, 2.24) is 9.97 Å². The van der Waals surface area contributed by atoms with Crippen LogP contribution in [0.15, 0.2) is 11.2 Å². The van der Waals surface area contributed by atoms with E-state index in [2.05, 4.69) is 15.3 Å². The Morgan fingerprint density at radius 1 is 1.67 bits per heavy atom. The molecule has 1 heterocycles. The number of hydrogen-bond donors (Lipinski definition) is 1. The van der Waals surface area contributed by atoms with Gasteiger partial charge in [0.1, 0.15) is 6.20 Å². The van der Waals surface area contributed by atoms with E-state index in [1.165, 1.54) is 18.0 Å². The lowest BCUT2D eigenvalue weighted by Crippen LogP contribution is -2.01. The zero-order chi connectivity index (χ0) is 11.3. The Balaban J connectivity index is 2.99. The van der Waals surface area contributed by atoms with Crippen molar-refractivity contribution in [3.63, 3.8) is 0 Å². The fourth-order valence-electron chi connectivity index (χ4n) is 0.910. The van der Waals surface area contributed by atoms with E-state index in [9.17, 15) is 10.1 Å². The molecule has 1 aromatic rings. The first-order valence-electron chi connectivity index (χ1n) is 4.51. The lowest BCUT2D eigenvalue weighted by Gasteiger charge is -2.02. The number of hydrogen-bond acceptors (Lipinski definition) is 6. The van der Waals surface area contributed by atoms with E-state index in [1.54, 1.807) is 7.05 Å². The third-order valence-corrected chi connectivity index (χ3v) is 2.79. The molecule has 0 aliphatic carbocycles. The molecule has 82 valence electrons. The van der Waals surface area contributed by atoms with Crippen LogP contribution in [0.5, 0.6) is 0 Å². The van der Waals surface area contributed by atoms with Crippen LogP contribution >= 0.6 is 11.8 Å². The molecule has 15 heavy (non-hydrogen) atoms. The molecular weight excluding hydrogens is 216 g/mol. The molecule has 1 N–H and O–H groups in total. The summed E-state index contributed by atoms with van der Waals surface area (Å²) in [5, 5.41) is 13.8. The molecule has 0 unspecified atom stereocenters. The smallest absolute Gasteiger partial charge is 0.319 e. The van der Waals surface area contributed by atoms with E-state index >= 15 is 0 Å². The molecule has 0 aromatic carbocycles. The minimum Gasteiger partial charge on any atom is -0.357 e. The Hall–Kier alpha value is -1.37. The summed E-state index contributed by atoms with van der Waals surface area (Å²) in [6.45, 7) is 2.01. The molecule has 7 heteroatoms. The summed E-state index contributed by atoms with van der Waals surface area (Å²) in [5.41, 5.74) is -0.0348. The highest BCUT2D eigenvalue weighted by atomic mass is 32.2. The van der Waals surface area contributed by atoms with E-state index in [-0.39, 0.29) is 5.69 Å². The molecule has 1 rings (SSSR count). The van der Waals surface area contributed by atoms with Crippen LogP contribution in [0.3, 0.4) is 0 Å². The normalized spacial score (nSPS) is 10.0. The van der Waals surface area contributed by atoms with Gasteiger partial charge in [0, 0.05) is 7.05 Å². The number of anilines is 1. The lowest BCUT2D eigenvalue weighted by molar-refractivity contribution is -0.388. The predicted octanol–water partition coefficient (Wildman–Crippen LogP) is 1.93. The SMILES string of the molecule is CCCSc1nc(NC)ncc1[N+](=O)[O-]. The lowest BCUT2D eigenvalue weighted by atomic mass is 10.5. The number of thioether (sulfide) groups is 1. The van der Waals surface area contributed by atoms with Crippen LogP contribution in [-0.2, 0) is 0 Å². The number of nitro groups is 1. The number of aromatic nitrogens is 2. The zero-order valence-electron chi connectivity index (χ0n) is 8.56. The molecule has 6 nitrogen and oxygen atoms in total. The van der Waals surface area contributed by atoms with Gasteiger partial charge in [0.2, 0.25) is 5.95 Å². The zero-order valence-corrected chi connectivity index (χ0v) is 9.37. The maximum atomic E-state index is 10.7. The molecule has 0 atom stereocenters. The number of rotatable bonds is 5. The summed E-state index contributed by atoms with van der Waals surface area (Å²) >= 11 is 1.37. The third-order valence-electron chi connectivity index (χ3n) is 1.60. The highest BCUT2D eigenvalue weighted by molar-refractivity contribution is 7.99. The van der Waals surface area contributed by atoms with Gasteiger partial charge in [0.05, 0.1) is 4.92 Å². The van der Waals surface area contributed by atoms with Crippen molar-refractivity contribution < 1.29 is 4.92 Å². The van der Waals surface area contributed by atoms with Crippen molar-refractivity contribution in [3.8, 4) is 0 Å². The van der Waals surface area contributed by atoms with Gasteiger partial charge in [-0.05, 0) is 12.2 Å². The molecule has 0 amide bonds. The van der Waals surface area contributed by atoms with E-state index in [0.717, 1.165) is 12.2 Å². The molecule has 0 bridgehead atoms. The van der Waals surface area contributed by atoms with Crippen LogP contribution in [0.1, 0.15) is 13.3 Å². The van der Waals surface area contributed by atoms with Gasteiger partial charge >= 0.3 is 5.69 Å². The van der Waals surface area contributed by atoms with Crippen molar-refractivity contribution >= 4 is 23.4 Å². The number of nitrogens with zero attached hydrogens (tertiary/aromatic N) is 3. The molecule has 0 aliphatic heterocycles. The standard InChI is InChI=1S/C8H12N4O2S/c1-3-4-15-7-6(12(13)14)5-10-8(9-2)11-7/h5H,3-4H2,1-2H3,(H,9,10,11). The van der Waals surface area contributed by atoms with Crippen LogP contribution in [0.25, 0.3) is 0 Å². The summed E-state index contributed by atoms with van der Waals surface area (Å²) in [5.74, 6) is 1.21. The highest BCUT2D eigenvalue weighted by Crippen LogP contribution is 2.27. The van der Waals surface area contributed by atoms with Gasteiger partial charge in [-0.1, -0.05) is 18.7 Å². The van der Waals surface area contributed by atoms with Gasteiger partial charge in [0.15, 0.2) is 5.03 Å². The summed E-state index contributed by atoms with van der Waals surface area (Å²) in [6, 6.07) is 0. The molecule has 0 saturated carbocycles. The summed E-state index contributed by atoms with van der Waals surface area (Å²) in [7, 11) is 1.68. The first kappa shape index (κ1) is 11.7. The Morgan fingerprint density at radius 3 is 2.93 bits per heavy atom. The molecule has 0 spiro atoms. The molecule has 0 saturated heterocycles. The first-order valence-corrected chi connectivity index (χ1v) is 5.49. The van der Waals surface area contributed by atoms with Crippen LogP contribution in [-0.4, -0.2) is 27.7 Å². The van der Waals surface area contributed by atoms with Crippen molar-refractivity contribution in [3.05, 3.63) is 16.3 Å². The third kappa shape index (κ3) is 3.05. The van der Waals surface area contributed by atoms with Crippen molar-refractivity contribution in [2.45, 2.75) is 18.4 Å². The number of nitrogens with one attached hydrogen (secondary N) is 1. The van der Waals surface area contributed by atoms with Crippen LogP contribution < -0.4 is 5.32 Å². The molecular formula is C8H12N4O2S. The van der Waals surface area contributed by atoms with Crippen LogP contribution in [0.4, 0.5) is 11.6 Å². The van der Waals surface area contributed by atoms with Crippen LogP contribution in [0.2, 0.25) is 0 Å². The molecule has 0 fully saturated rings. The van der Waals surface area contributed by atoms with Gasteiger partial charge in [0.25, 0.3) is 0 Å². The first-order chi connectivity index (χ1) is 7.19. The second kappa shape index (κ2) is 5.50. The van der Waals surface area contributed by atoms with E-state index in [1.807, 2.05) is 6.92 Å². The minimum atomic E-state index is -0.461. The van der Waals surface area contributed by atoms with Gasteiger partial charge in [-0.25, -0.2) is 4.98 Å². The van der Waals surface area contributed by atoms with E-state index < -0.39 is 4.92 Å². The van der Waals surface area contributed by atoms with Crippen molar-refractivity contribution in [2.75, 3.05) is 18.1 Å². The Bertz CT molecular complexity index is 358. The van der Waals surface area contributed by atoms with Crippen molar-refractivity contribution in [1.29, 1.82) is 0 Å². The van der Waals surface area contributed by atoms with Gasteiger partial charge in [-0.15, -0.1) is 0 Å². The summed E-state index contributed by atoms with van der Waals surface area (Å²) in [6.07, 6.45) is 2.18. The monoisotopic (exact) mass is 228 g/mol. The summed E-state index contributed by atoms with van der Waals surface area (Å²) in [4.78, 5) is 18.1. The van der Waals surface area contributed by atoms with E-state index in [0.29, 0.717) is 11.0 Å². The van der Waals surface area contributed by atoms with E-state index in [4.69, 9.17) is 0 Å². The molecule has 0 radical (unpaired) electrons. The second-order valence-electron chi connectivity index (χ2n) is 2.74. The average Bonchev–Trinajstić information content (AvgIpc) is 2.25. The van der Waals surface area contributed by atoms with Gasteiger partial charge in [-0.3, -0.25) is 10.1 Å². The highest BCUT2D eigenvalue weighted by Gasteiger charge is 2.16. The average molecular weight is 228 g/mol.